The third kappa shape index (κ3) is 2.16. The minimum atomic E-state index is -0.435. The molecular formula is C13H15NO3. The summed E-state index contributed by atoms with van der Waals surface area (Å²) < 4.78 is 5.54. The topological polar surface area (TPSA) is 55.4 Å². The molecule has 90 valence electrons. The van der Waals surface area contributed by atoms with Crippen LogP contribution < -0.4 is 10.1 Å². The molecule has 1 amide bonds. The lowest BCUT2D eigenvalue weighted by atomic mass is 10.1. The summed E-state index contributed by atoms with van der Waals surface area (Å²) in [7, 11) is 0. The monoisotopic (exact) mass is 233 g/mol. The number of anilines is 1. The van der Waals surface area contributed by atoms with E-state index in [0.717, 1.165) is 0 Å². The van der Waals surface area contributed by atoms with E-state index in [2.05, 4.69) is 5.32 Å². The number of benzene rings is 1. The van der Waals surface area contributed by atoms with Gasteiger partial charge in [0.05, 0.1) is 5.69 Å². The number of ketones is 1. The van der Waals surface area contributed by atoms with Gasteiger partial charge in [-0.25, -0.2) is 0 Å². The lowest BCUT2D eigenvalue weighted by molar-refractivity contribution is -0.123. The maximum atomic E-state index is 11.6. The zero-order valence-electron chi connectivity index (χ0n) is 9.95. The second-order valence-corrected chi connectivity index (χ2v) is 3.99. The first-order valence-electron chi connectivity index (χ1n) is 5.80. The average Bonchev–Trinajstić information content (AvgIpc) is 2.36. The Balaban J connectivity index is 2.32. The fourth-order valence-corrected chi connectivity index (χ4v) is 1.80. The van der Waals surface area contributed by atoms with Gasteiger partial charge in [0.2, 0.25) is 0 Å². The quantitative estimate of drug-likeness (QED) is 0.815. The average molecular weight is 233 g/mol. The van der Waals surface area contributed by atoms with E-state index in [-0.39, 0.29) is 11.7 Å². The van der Waals surface area contributed by atoms with Gasteiger partial charge in [-0.2, -0.15) is 0 Å². The summed E-state index contributed by atoms with van der Waals surface area (Å²) in [5, 5.41) is 2.76. The maximum Gasteiger partial charge on any atom is 0.265 e. The minimum Gasteiger partial charge on any atom is -0.478 e. The molecule has 1 aromatic rings. The summed E-state index contributed by atoms with van der Waals surface area (Å²) in [4.78, 5) is 23.2. The Bertz CT molecular complexity index is 468. The molecule has 0 saturated carbocycles. The van der Waals surface area contributed by atoms with Crippen molar-refractivity contribution >= 4 is 17.4 Å². The highest BCUT2D eigenvalue weighted by atomic mass is 16.5. The fraction of sp³-hybridized carbons (Fsp3) is 0.385. The Morgan fingerprint density at radius 1 is 1.41 bits per heavy atom. The van der Waals surface area contributed by atoms with Gasteiger partial charge in [0.1, 0.15) is 5.75 Å². The third-order valence-corrected chi connectivity index (χ3v) is 2.81. The molecule has 17 heavy (non-hydrogen) atoms. The van der Waals surface area contributed by atoms with Crippen molar-refractivity contribution in [2.45, 2.75) is 32.8 Å². The van der Waals surface area contributed by atoms with E-state index in [1.807, 2.05) is 13.8 Å². The van der Waals surface area contributed by atoms with Crippen molar-refractivity contribution in [3.63, 3.8) is 0 Å². The Hall–Kier alpha value is -1.84. The Morgan fingerprint density at radius 2 is 2.18 bits per heavy atom. The first-order valence-corrected chi connectivity index (χ1v) is 5.80. The van der Waals surface area contributed by atoms with Gasteiger partial charge in [-0.05, 0) is 24.6 Å². The molecule has 4 nitrogen and oxygen atoms in total. The molecule has 1 atom stereocenters. The molecule has 4 heteroatoms. The number of Topliss-reactive ketones (excluding diaryl/α,β-unsaturated/α-hetero) is 1. The summed E-state index contributed by atoms with van der Waals surface area (Å²) in [5.74, 6) is 0.532. The van der Waals surface area contributed by atoms with Crippen LogP contribution in [0.25, 0.3) is 0 Å². The van der Waals surface area contributed by atoms with Crippen molar-refractivity contribution in [3.8, 4) is 5.75 Å². The third-order valence-electron chi connectivity index (χ3n) is 2.81. The standard InChI is InChI=1S/C13H15NO3/c1-3-10(15)8-5-6-12-9(7-8)14-13(16)11(4-2)17-12/h5-7,11H,3-4H2,1-2H3,(H,14,16). The second-order valence-electron chi connectivity index (χ2n) is 3.99. The predicted octanol–water partition coefficient (Wildman–Crippen LogP) is 2.39. The molecule has 0 spiro atoms. The summed E-state index contributed by atoms with van der Waals surface area (Å²) in [6, 6.07) is 5.14. The molecule has 0 saturated heterocycles. The molecule has 2 rings (SSSR count). The van der Waals surface area contributed by atoms with E-state index in [9.17, 15) is 9.59 Å². The van der Waals surface area contributed by atoms with Gasteiger partial charge in [-0.1, -0.05) is 13.8 Å². The molecule has 1 unspecified atom stereocenters. The van der Waals surface area contributed by atoms with E-state index in [0.29, 0.717) is 29.8 Å². The van der Waals surface area contributed by atoms with Gasteiger partial charge >= 0.3 is 0 Å². The first kappa shape index (κ1) is 11.6. The number of amides is 1. The number of fused-ring (bicyclic) bond motifs is 1. The molecular weight excluding hydrogens is 218 g/mol. The second kappa shape index (κ2) is 4.57. The van der Waals surface area contributed by atoms with Crippen molar-refractivity contribution in [2.24, 2.45) is 0 Å². The Morgan fingerprint density at radius 3 is 2.82 bits per heavy atom. The normalized spacial score (nSPS) is 18.0. The van der Waals surface area contributed by atoms with Crippen LogP contribution in [-0.4, -0.2) is 17.8 Å². The highest BCUT2D eigenvalue weighted by Gasteiger charge is 2.26. The number of hydrogen-bond acceptors (Lipinski definition) is 3. The molecule has 1 N–H and O–H groups in total. The molecule has 0 radical (unpaired) electrons. The highest BCUT2D eigenvalue weighted by molar-refractivity contribution is 6.01. The van der Waals surface area contributed by atoms with Gasteiger partial charge in [0.15, 0.2) is 11.9 Å². The van der Waals surface area contributed by atoms with Crippen LogP contribution >= 0.6 is 0 Å². The molecule has 0 aromatic heterocycles. The fourth-order valence-electron chi connectivity index (χ4n) is 1.80. The van der Waals surface area contributed by atoms with Crippen molar-refractivity contribution in [3.05, 3.63) is 23.8 Å². The lowest BCUT2D eigenvalue weighted by Gasteiger charge is -2.25. The van der Waals surface area contributed by atoms with Crippen LogP contribution in [0.2, 0.25) is 0 Å². The van der Waals surface area contributed by atoms with Gasteiger partial charge in [0, 0.05) is 12.0 Å². The molecule has 1 heterocycles. The molecule has 0 bridgehead atoms. The van der Waals surface area contributed by atoms with E-state index >= 15 is 0 Å². The Labute approximate surface area is 100.0 Å². The van der Waals surface area contributed by atoms with Crippen molar-refractivity contribution in [2.75, 3.05) is 5.32 Å². The largest absolute Gasteiger partial charge is 0.478 e. The van der Waals surface area contributed by atoms with E-state index < -0.39 is 6.10 Å². The molecule has 0 fully saturated rings. The number of ether oxygens (including phenoxy) is 1. The van der Waals surface area contributed by atoms with Gasteiger partial charge < -0.3 is 10.1 Å². The smallest absolute Gasteiger partial charge is 0.265 e. The van der Waals surface area contributed by atoms with E-state index in [1.165, 1.54) is 0 Å². The molecule has 1 aliphatic heterocycles. The van der Waals surface area contributed by atoms with Crippen molar-refractivity contribution < 1.29 is 14.3 Å². The maximum absolute atomic E-state index is 11.6. The minimum absolute atomic E-state index is 0.0552. The summed E-state index contributed by atoms with van der Waals surface area (Å²) >= 11 is 0. The number of hydrogen-bond donors (Lipinski definition) is 1. The summed E-state index contributed by atoms with van der Waals surface area (Å²) in [6.07, 6.45) is 0.641. The van der Waals surface area contributed by atoms with Gasteiger partial charge in [-0.15, -0.1) is 0 Å². The first-order chi connectivity index (χ1) is 8.15. The van der Waals surface area contributed by atoms with Crippen LogP contribution in [0.1, 0.15) is 37.0 Å². The molecule has 0 aliphatic carbocycles. The van der Waals surface area contributed by atoms with Gasteiger partial charge in [0.25, 0.3) is 5.91 Å². The predicted molar refractivity (Wildman–Crippen MR) is 64.4 cm³/mol. The SMILES string of the molecule is CCC(=O)c1ccc2c(c1)NC(=O)C(CC)O2. The molecule has 1 aromatic carbocycles. The number of nitrogens with one attached hydrogen (secondary N) is 1. The van der Waals surface area contributed by atoms with E-state index in [1.54, 1.807) is 18.2 Å². The Kier molecular flexibility index (Phi) is 3.13. The van der Waals surface area contributed by atoms with Gasteiger partial charge in [-0.3, -0.25) is 9.59 Å². The van der Waals surface area contributed by atoms with Crippen LogP contribution in [0.4, 0.5) is 5.69 Å². The van der Waals surface area contributed by atoms with Crippen LogP contribution in [0.5, 0.6) is 5.75 Å². The van der Waals surface area contributed by atoms with E-state index in [4.69, 9.17) is 4.74 Å². The van der Waals surface area contributed by atoms with Crippen LogP contribution in [-0.2, 0) is 4.79 Å². The zero-order chi connectivity index (χ0) is 12.4. The van der Waals surface area contributed by atoms with Crippen LogP contribution in [0, 0.1) is 0 Å². The number of carbonyl (C=O) groups is 2. The summed E-state index contributed by atoms with van der Waals surface area (Å²) in [6.45, 7) is 3.70. The van der Waals surface area contributed by atoms with Crippen LogP contribution in [0.15, 0.2) is 18.2 Å². The number of carbonyl (C=O) groups excluding carboxylic acids is 2. The highest BCUT2D eigenvalue weighted by Crippen LogP contribution is 2.31. The number of rotatable bonds is 3. The van der Waals surface area contributed by atoms with Crippen molar-refractivity contribution in [1.82, 2.24) is 0 Å². The summed E-state index contributed by atoms with van der Waals surface area (Å²) in [5.41, 5.74) is 1.18. The lowest BCUT2D eigenvalue weighted by Crippen LogP contribution is -2.36. The zero-order valence-corrected chi connectivity index (χ0v) is 9.95. The van der Waals surface area contributed by atoms with Crippen LogP contribution in [0.3, 0.4) is 0 Å². The van der Waals surface area contributed by atoms with Crippen molar-refractivity contribution in [1.29, 1.82) is 0 Å². The molecule has 1 aliphatic rings.